The molecule has 4 nitrogen and oxygen atoms in total. The molecular weight excluding hydrogens is 252 g/mol. The second-order valence-electron chi connectivity index (χ2n) is 4.66. The molecule has 0 aliphatic carbocycles. The fourth-order valence-electron chi connectivity index (χ4n) is 2.34. The van der Waals surface area contributed by atoms with Crippen molar-refractivity contribution in [1.29, 1.82) is 0 Å². The summed E-state index contributed by atoms with van der Waals surface area (Å²) in [5.41, 5.74) is 0.651. The maximum atomic E-state index is 11.7. The average Bonchev–Trinajstić information content (AvgIpc) is 2.49. The van der Waals surface area contributed by atoms with Gasteiger partial charge in [-0.25, -0.2) is 4.98 Å². The van der Waals surface area contributed by atoms with Crippen LogP contribution in [0.25, 0.3) is 10.8 Å². The van der Waals surface area contributed by atoms with Gasteiger partial charge in [0.15, 0.2) is 0 Å². The fourth-order valence-corrected chi connectivity index (χ4v) is 2.34. The minimum absolute atomic E-state index is 0.167. The summed E-state index contributed by atoms with van der Waals surface area (Å²) in [6.07, 6.45) is 2.14. The zero-order valence-electron chi connectivity index (χ0n) is 10.8. The van der Waals surface area contributed by atoms with E-state index < -0.39 is 6.10 Å². The highest BCUT2D eigenvalue weighted by molar-refractivity contribution is 5.85. The first-order valence-electron chi connectivity index (χ1n) is 6.42. The van der Waals surface area contributed by atoms with Gasteiger partial charge in [-0.2, -0.15) is 0 Å². The van der Waals surface area contributed by atoms with Crippen LogP contribution in [0, 0.1) is 0 Å². The van der Waals surface area contributed by atoms with Crippen LogP contribution < -0.4 is 5.56 Å². The molecular formula is C16H14N2O2. The fraction of sp³-hybridized carbons (Fsp3) is 0.125. The monoisotopic (exact) mass is 266 g/mol. The number of fused-ring (bicyclic) bond motifs is 1. The summed E-state index contributed by atoms with van der Waals surface area (Å²) >= 11 is 0. The van der Waals surface area contributed by atoms with Crippen molar-refractivity contribution in [3.8, 4) is 0 Å². The lowest BCUT2D eigenvalue weighted by atomic mass is 10.0. The van der Waals surface area contributed by atoms with Crippen molar-refractivity contribution >= 4 is 10.8 Å². The Kier molecular flexibility index (Phi) is 3.31. The van der Waals surface area contributed by atoms with Crippen molar-refractivity contribution in [1.82, 2.24) is 9.55 Å². The number of hydrogen-bond acceptors (Lipinski definition) is 3. The summed E-state index contributed by atoms with van der Waals surface area (Å²) in [5.74, 6) is 0. The number of aliphatic hydroxyl groups is 1. The summed E-state index contributed by atoms with van der Waals surface area (Å²) < 4.78 is 1.41. The summed E-state index contributed by atoms with van der Waals surface area (Å²) in [6.45, 7) is 0.195. The van der Waals surface area contributed by atoms with Crippen molar-refractivity contribution < 1.29 is 5.11 Å². The Balaban J connectivity index is 1.99. The van der Waals surface area contributed by atoms with E-state index in [0.29, 0.717) is 0 Å². The zero-order chi connectivity index (χ0) is 13.9. The van der Waals surface area contributed by atoms with Gasteiger partial charge in [-0.15, -0.1) is 0 Å². The van der Waals surface area contributed by atoms with Gasteiger partial charge in [0.2, 0.25) is 0 Å². The molecule has 20 heavy (non-hydrogen) atoms. The molecule has 3 aromatic rings. The highest BCUT2D eigenvalue weighted by Gasteiger charge is 2.12. The summed E-state index contributed by atoms with van der Waals surface area (Å²) in [4.78, 5) is 15.6. The van der Waals surface area contributed by atoms with Gasteiger partial charge in [0.1, 0.15) is 0 Å². The van der Waals surface area contributed by atoms with E-state index in [0.717, 1.165) is 16.3 Å². The largest absolute Gasteiger partial charge is 0.387 e. The predicted octanol–water partition coefficient (Wildman–Crippen LogP) is 2.13. The van der Waals surface area contributed by atoms with E-state index >= 15 is 0 Å². The first-order valence-corrected chi connectivity index (χ1v) is 6.42. The Hall–Kier alpha value is -2.46. The molecule has 1 atom stereocenters. The second kappa shape index (κ2) is 5.27. The smallest absolute Gasteiger partial charge is 0.253 e. The molecule has 0 bridgehead atoms. The molecule has 0 fully saturated rings. The standard InChI is InChI=1S/C16H14N2O2/c19-15(10-18-11-17-9-8-16(18)20)14-7-3-5-12-4-1-2-6-13(12)14/h1-9,11,15,19H,10H2. The molecule has 100 valence electrons. The number of rotatable bonds is 3. The molecule has 2 aromatic carbocycles. The van der Waals surface area contributed by atoms with E-state index in [1.165, 1.54) is 23.2 Å². The van der Waals surface area contributed by atoms with Gasteiger partial charge in [0, 0.05) is 12.3 Å². The van der Waals surface area contributed by atoms with Crippen molar-refractivity contribution in [2.24, 2.45) is 0 Å². The van der Waals surface area contributed by atoms with E-state index in [4.69, 9.17) is 0 Å². The van der Waals surface area contributed by atoms with Crippen molar-refractivity contribution in [3.05, 3.63) is 77.0 Å². The average molecular weight is 266 g/mol. The minimum atomic E-state index is -0.747. The van der Waals surface area contributed by atoms with Crippen LogP contribution in [0.4, 0.5) is 0 Å². The molecule has 3 rings (SSSR count). The lowest BCUT2D eigenvalue weighted by Gasteiger charge is -2.14. The third-order valence-electron chi connectivity index (χ3n) is 3.34. The van der Waals surface area contributed by atoms with E-state index in [2.05, 4.69) is 4.98 Å². The minimum Gasteiger partial charge on any atom is -0.387 e. The van der Waals surface area contributed by atoms with E-state index in [-0.39, 0.29) is 12.1 Å². The Morgan fingerprint density at radius 2 is 1.90 bits per heavy atom. The molecule has 0 aliphatic rings. The second-order valence-corrected chi connectivity index (χ2v) is 4.66. The van der Waals surface area contributed by atoms with Crippen molar-refractivity contribution in [2.45, 2.75) is 12.6 Å². The van der Waals surface area contributed by atoms with Crippen LogP contribution in [0.2, 0.25) is 0 Å². The maximum absolute atomic E-state index is 11.7. The van der Waals surface area contributed by atoms with Crippen LogP contribution in [0.3, 0.4) is 0 Å². The van der Waals surface area contributed by atoms with Gasteiger partial charge in [-0.1, -0.05) is 42.5 Å². The van der Waals surface area contributed by atoms with Crippen LogP contribution in [0.15, 0.2) is 65.8 Å². The molecule has 0 aliphatic heterocycles. The van der Waals surface area contributed by atoms with Crippen molar-refractivity contribution in [3.63, 3.8) is 0 Å². The first-order chi connectivity index (χ1) is 9.75. The normalized spacial score (nSPS) is 12.4. The number of nitrogens with zero attached hydrogens (tertiary/aromatic N) is 2. The van der Waals surface area contributed by atoms with Gasteiger partial charge in [0.25, 0.3) is 5.56 Å². The SMILES string of the molecule is O=c1ccncn1CC(O)c1cccc2ccccc12. The molecule has 1 unspecified atom stereocenters. The maximum Gasteiger partial charge on any atom is 0.253 e. The topological polar surface area (TPSA) is 55.1 Å². The van der Waals surface area contributed by atoms with Crippen LogP contribution in [-0.2, 0) is 6.54 Å². The van der Waals surface area contributed by atoms with Crippen LogP contribution in [-0.4, -0.2) is 14.7 Å². The molecule has 0 radical (unpaired) electrons. The Bertz CT molecular complexity index is 790. The van der Waals surface area contributed by atoms with Crippen LogP contribution in [0.1, 0.15) is 11.7 Å². The quantitative estimate of drug-likeness (QED) is 0.790. The van der Waals surface area contributed by atoms with Gasteiger partial charge in [0.05, 0.1) is 19.0 Å². The highest BCUT2D eigenvalue weighted by atomic mass is 16.3. The third kappa shape index (κ3) is 2.33. The van der Waals surface area contributed by atoms with E-state index in [9.17, 15) is 9.90 Å². The molecule has 0 spiro atoms. The molecule has 4 heteroatoms. The van der Waals surface area contributed by atoms with Crippen molar-refractivity contribution in [2.75, 3.05) is 0 Å². The molecule has 1 aromatic heterocycles. The van der Waals surface area contributed by atoms with E-state index in [1.54, 1.807) is 0 Å². The van der Waals surface area contributed by atoms with Crippen LogP contribution >= 0.6 is 0 Å². The van der Waals surface area contributed by atoms with E-state index in [1.807, 2.05) is 42.5 Å². The molecule has 1 N–H and O–H groups in total. The third-order valence-corrected chi connectivity index (χ3v) is 3.34. The molecule has 1 heterocycles. The Labute approximate surface area is 116 Å². The van der Waals surface area contributed by atoms with Gasteiger partial charge in [-0.3, -0.25) is 9.36 Å². The van der Waals surface area contributed by atoms with Crippen LogP contribution in [0.5, 0.6) is 0 Å². The lowest BCUT2D eigenvalue weighted by Crippen LogP contribution is -2.22. The molecule has 0 amide bonds. The number of aromatic nitrogens is 2. The van der Waals surface area contributed by atoms with Gasteiger partial charge >= 0.3 is 0 Å². The summed E-state index contributed by atoms with van der Waals surface area (Å²) in [6, 6.07) is 15.1. The Morgan fingerprint density at radius 3 is 2.75 bits per heavy atom. The highest BCUT2D eigenvalue weighted by Crippen LogP contribution is 2.24. The lowest BCUT2D eigenvalue weighted by molar-refractivity contribution is 0.156. The Morgan fingerprint density at radius 1 is 1.10 bits per heavy atom. The summed E-state index contributed by atoms with van der Waals surface area (Å²) in [7, 11) is 0. The number of benzene rings is 2. The molecule has 0 saturated heterocycles. The zero-order valence-corrected chi connectivity index (χ0v) is 10.8. The number of hydrogen-bond donors (Lipinski definition) is 1. The van der Waals surface area contributed by atoms with Gasteiger partial charge in [-0.05, 0) is 16.3 Å². The predicted molar refractivity (Wildman–Crippen MR) is 77.4 cm³/mol. The first kappa shape index (κ1) is 12.6. The number of aliphatic hydroxyl groups excluding tert-OH is 1. The summed E-state index contributed by atoms with van der Waals surface area (Å²) in [5, 5.41) is 12.5. The molecule has 0 saturated carbocycles. The van der Waals surface area contributed by atoms with Gasteiger partial charge < -0.3 is 5.11 Å².